The average molecular weight is 300 g/mol. The zero-order valence-electron chi connectivity index (χ0n) is 10.4. The van der Waals surface area contributed by atoms with Crippen LogP contribution < -0.4 is 5.32 Å². The number of hydrogen-bond acceptors (Lipinski definition) is 2. The second-order valence-electron chi connectivity index (χ2n) is 4.10. The Hall–Kier alpha value is -0.870. The molecule has 3 nitrogen and oxygen atoms in total. The van der Waals surface area contributed by atoms with Gasteiger partial charge in [0.05, 0.1) is 0 Å². The van der Waals surface area contributed by atoms with Crippen molar-refractivity contribution in [3.05, 3.63) is 34.3 Å². The Labute approximate surface area is 111 Å². The van der Waals surface area contributed by atoms with E-state index in [1.165, 1.54) is 0 Å². The molecule has 4 heteroatoms. The Kier molecular flexibility index (Phi) is 5.15. The van der Waals surface area contributed by atoms with Crippen LogP contribution in [0.5, 0.6) is 0 Å². The molecule has 0 aliphatic rings. The number of methoxy groups -OCH3 is 1. The number of amides is 1. The molecule has 0 saturated heterocycles. The summed E-state index contributed by atoms with van der Waals surface area (Å²) in [7, 11) is 1.56. The van der Waals surface area contributed by atoms with E-state index in [0.29, 0.717) is 13.0 Å². The molecule has 1 aromatic carbocycles. The summed E-state index contributed by atoms with van der Waals surface area (Å²) < 4.78 is 6.25. The summed E-state index contributed by atoms with van der Waals surface area (Å²) in [5.74, 6) is -0.0810. The second kappa shape index (κ2) is 6.17. The first-order chi connectivity index (χ1) is 8.01. The van der Waals surface area contributed by atoms with E-state index in [4.69, 9.17) is 4.74 Å². The Morgan fingerprint density at radius 2 is 2.24 bits per heavy atom. The molecule has 0 radical (unpaired) electrons. The minimum atomic E-state index is -0.744. The molecule has 0 aromatic heterocycles. The number of ether oxygens (including phenoxy) is 1. The van der Waals surface area contributed by atoms with Crippen molar-refractivity contribution in [3.8, 4) is 0 Å². The highest BCUT2D eigenvalue weighted by atomic mass is 79.9. The lowest BCUT2D eigenvalue weighted by Gasteiger charge is -2.25. The van der Waals surface area contributed by atoms with Crippen molar-refractivity contribution in [1.82, 2.24) is 5.32 Å². The molecule has 1 amide bonds. The lowest BCUT2D eigenvalue weighted by Crippen LogP contribution is -2.45. The molecule has 0 heterocycles. The highest BCUT2D eigenvalue weighted by Crippen LogP contribution is 2.15. The number of halogens is 1. The Morgan fingerprint density at radius 3 is 2.76 bits per heavy atom. The van der Waals surface area contributed by atoms with E-state index in [1.807, 2.05) is 31.2 Å². The molecule has 0 spiro atoms. The summed E-state index contributed by atoms with van der Waals surface area (Å²) in [6.45, 7) is 4.24. The predicted molar refractivity (Wildman–Crippen MR) is 71.7 cm³/mol. The zero-order chi connectivity index (χ0) is 12.9. The fourth-order valence-corrected chi connectivity index (χ4v) is 1.86. The third kappa shape index (κ3) is 3.82. The van der Waals surface area contributed by atoms with Gasteiger partial charge in [0.2, 0.25) is 0 Å². The third-order valence-electron chi connectivity index (χ3n) is 2.95. The largest absolute Gasteiger partial charge is 0.369 e. The number of rotatable bonds is 5. The summed E-state index contributed by atoms with van der Waals surface area (Å²) in [4.78, 5) is 11.9. The van der Waals surface area contributed by atoms with E-state index in [2.05, 4.69) is 21.2 Å². The molecule has 0 fully saturated rings. The van der Waals surface area contributed by atoms with E-state index < -0.39 is 5.60 Å². The van der Waals surface area contributed by atoms with Crippen LogP contribution >= 0.6 is 15.9 Å². The number of hydrogen-bond donors (Lipinski definition) is 1. The molecule has 0 aliphatic carbocycles. The first kappa shape index (κ1) is 14.2. The van der Waals surface area contributed by atoms with Gasteiger partial charge < -0.3 is 10.1 Å². The van der Waals surface area contributed by atoms with Gasteiger partial charge in [-0.05, 0) is 31.0 Å². The summed E-state index contributed by atoms with van der Waals surface area (Å²) in [6, 6.07) is 7.86. The van der Waals surface area contributed by atoms with Crippen LogP contribution in [0.15, 0.2) is 28.7 Å². The topological polar surface area (TPSA) is 38.3 Å². The van der Waals surface area contributed by atoms with Crippen LogP contribution in [0.1, 0.15) is 25.8 Å². The lowest BCUT2D eigenvalue weighted by atomic mass is 10.0. The van der Waals surface area contributed by atoms with Crippen molar-refractivity contribution < 1.29 is 9.53 Å². The molecule has 0 aliphatic heterocycles. The molecule has 0 bridgehead atoms. The average Bonchev–Trinajstić information content (AvgIpc) is 2.35. The number of nitrogens with one attached hydrogen (secondary N) is 1. The molecule has 0 saturated carbocycles. The Morgan fingerprint density at radius 1 is 1.53 bits per heavy atom. The number of benzene rings is 1. The predicted octanol–water partition coefficient (Wildman–Crippen LogP) is 2.88. The second-order valence-corrected chi connectivity index (χ2v) is 5.02. The standard InChI is InChI=1S/C13H18BrNO2/c1-4-13(2,17-3)12(16)15-9-10-6-5-7-11(14)8-10/h5-8H,4,9H2,1-3H3,(H,15,16). The van der Waals surface area contributed by atoms with Gasteiger partial charge in [-0.3, -0.25) is 4.79 Å². The highest BCUT2D eigenvalue weighted by molar-refractivity contribution is 9.10. The van der Waals surface area contributed by atoms with Gasteiger partial charge in [0.15, 0.2) is 0 Å². The van der Waals surface area contributed by atoms with Gasteiger partial charge in [-0.2, -0.15) is 0 Å². The van der Waals surface area contributed by atoms with Gasteiger partial charge in [0, 0.05) is 18.1 Å². The van der Waals surface area contributed by atoms with Crippen molar-refractivity contribution in [3.63, 3.8) is 0 Å². The van der Waals surface area contributed by atoms with Gasteiger partial charge in [-0.1, -0.05) is 35.0 Å². The van der Waals surface area contributed by atoms with Gasteiger partial charge in [0.25, 0.3) is 5.91 Å². The van der Waals surface area contributed by atoms with E-state index in [-0.39, 0.29) is 5.91 Å². The SMILES string of the molecule is CCC(C)(OC)C(=O)NCc1cccc(Br)c1. The third-order valence-corrected chi connectivity index (χ3v) is 3.44. The van der Waals surface area contributed by atoms with Crippen LogP contribution in [-0.2, 0) is 16.1 Å². The van der Waals surface area contributed by atoms with E-state index >= 15 is 0 Å². The van der Waals surface area contributed by atoms with Crippen molar-refractivity contribution >= 4 is 21.8 Å². The van der Waals surface area contributed by atoms with Gasteiger partial charge in [-0.25, -0.2) is 0 Å². The number of carbonyl (C=O) groups excluding carboxylic acids is 1. The van der Waals surface area contributed by atoms with Gasteiger partial charge >= 0.3 is 0 Å². The summed E-state index contributed by atoms with van der Waals surface area (Å²) in [5.41, 5.74) is 0.314. The van der Waals surface area contributed by atoms with Crippen LogP contribution in [0.2, 0.25) is 0 Å². The van der Waals surface area contributed by atoms with Crippen LogP contribution in [-0.4, -0.2) is 18.6 Å². The highest BCUT2D eigenvalue weighted by Gasteiger charge is 2.30. The lowest BCUT2D eigenvalue weighted by molar-refractivity contribution is -0.142. The van der Waals surface area contributed by atoms with Crippen molar-refractivity contribution in [2.24, 2.45) is 0 Å². The van der Waals surface area contributed by atoms with Crippen LogP contribution in [0.4, 0.5) is 0 Å². The van der Waals surface area contributed by atoms with E-state index in [9.17, 15) is 4.79 Å². The van der Waals surface area contributed by atoms with Crippen molar-refractivity contribution in [2.75, 3.05) is 7.11 Å². The molecule has 94 valence electrons. The quantitative estimate of drug-likeness (QED) is 0.908. The maximum Gasteiger partial charge on any atom is 0.252 e. The van der Waals surface area contributed by atoms with E-state index in [0.717, 1.165) is 10.0 Å². The smallest absolute Gasteiger partial charge is 0.252 e. The monoisotopic (exact) mass is 299 g/mol. The van der Waals surface area contributed by atoms with Crippen LogP contribution in [0.3, 0.4) is 0 Å². The van der Waals surface area contributed by atoms with E-state index in [1.54, 1.807) is 14.0 Å². The van der Waals surface area contributed by atoms with Crippen LogP contribution in [0.25, 0.3) is 0 Å². The normalized spacial score (nSPS) is 14.1. The molecule has 1 unspecified atom stereocenters. The maximum atomic E-state index is 11.9. The van der Waals surface area contributed by atoms with Crippen molar-refractivity contribution in [2.45, 2.75) is 32.4 Å². The summed E-state index contributed by atoms with van der Waals surface area (Å²) in [5, 5.41) is 2.88. The van der Waals surface area contributed by atoms with Crippen LogP contribution in [0, 0.1) is 0 Å². The molecular formula is C13H18BrNO2. The molecule has 17 heavy (non-hydrogen) atoms. The Balaban J connectivity index is 2.59. The van der Waals surface area contributed by atoms with Crippen molar-refractivity contribution in [1.29, 1.82) is 0 Å². The minimum Gasteiger partial charge on any atom is -0.369 e. The molecule has 1 rings (SSSR count). The zero-order valence-corrected chi connectivity index (χ0v) is 12.0. The maximum absolute atomic E-state index is 11.9. The van der Waals surface area contributed by atoms with Gasteiger partial charge in [-0.15, -0.1) is 0 Å². The fraction of sp³-hybridized carbons (Fsp3) is 0.462. The number of carbonyl (C=O) groups is 1. The summed E-state index contributed by atoms with van der Waals surface area (Å²) >= 11 is 3.40. The fourth-order valence-electron chi connectivity index (χ4n) is 1.41. The molecule has 1 N–H and O–H groups in total. The Bertz CT molecular complexity index is 389. The molecule has 1 aromatic rings. The first-order valence-corrected chi connectivity index (χ1v) is 6.39. The minimum absolute atomic E-state index is 0.0810. The van der Waals surface area contributed by atoms with Gasteiger partial charge in [0.1, 0.15) is 5.60 Å². The summed E-state index contributed by atoms with van der Waals surface area (Å²) in [6.07, 6.45) is 0.647. The molecule has 1 atom stereocenters. The molecular weight excluding hydrogens is 282 g/mol. The first-order valence-electron chi connectivity index (χ1n) is 5.59.